The van der Waals surface area contributed by atoms with Crippen LogP contribution < -0.4 is 4.74 Å². The standard InChI is InChI=1S/C23H22O4/c24-23(27-16-20-10-5-13-25-20)19-9-3-6-17(14-19)15-26-22-12-4-8-18-7-1-2-11-21(18)22/h1-4,6-9,11-12,14,20H,5,10,13,15-16H2. The van der Waals surface area contributed by atoms with Gasteiger partial charge in [-0.2, -0.15) is 0 Å². The minimum Gasteiger partial charge on any atom is -0.488 e. The molecule has 1 atom stereocenters. The fraction of sp³-hybridized carbons (Fsp3) is 0.261. The zero-order valence-corrected chi connectivity index (χ0v) is 15.1. The van der Waals surface area contributed by atoms with Crippen LogP contribution in [0.5, 0.6) is 5.75 Å². The molecule has 1 heterocycles. The highest BCUT2D eigenvalue weighted by Gasteiger charge is 2.18. The minimum absolute atomic E-state index is 0.0341. The van der Waals surface area contributed by atoms with Crippen LogP contribution >= 0.6 is 0 Å². The minimum atomic E-state index is -0.322. The van der Waals surface area contributed by atoms with Crippen LogP contribution in [0, 0.1) is 0 Å². The van der Waals surface area contributed by atoms with Crippen LogP contribution in [0.25, 0.3) is 10.8 Å². The van der Waals surface area contributed by atoms with Crippen LogP contribution in [0.4, 0.5) is 0 Å². The number of carbonyl (C=O) groups excluding carboxylic acids is 1. The molecule has 0 aromatic heterocycles. The van der Waals surface area contributed by atoms with Crippen LogP contribution in [0.1, 0.15) is 28.8 Å². The Hall–Kier alpha value is -2.85. The number of rotatable bonds is 6. The first-order valence-electron chi connectivity index (χ1n) is 9.28. The molecule has 0 N–H and O–H groups in total. The van der Waals surface area contributed by atoms with Crippen molar-refractivity contribution in [2.24, 2.45) is 0 Å². The quantitative estimate of drug-likeness (QED) is 0.593. The molecule has 1 aliphatic heterocycles. The lowest BCUT2D eigenvalue weighted by atomic mass is 10.1. The average Bonchev–Trinajstić information content (AvgIpc) is 3.24. The van der Waals surface area contributed by atoms with E-state index >= 15 is 0 Å². The third-order valence-electron chi connectivity index (χ3n) is 4.73. The molecule has 1 saturated heterocycles. The van der Waals surface area contributed by atoms with Gasteiger partial charge in [0, 0.05) is 12.0 Å². The molecule has 4 heteroatoms. The van der Waals surface area contributed by atoms with Gasteiger partial charge in [0.25, 0.3) is 0 Å². The zero-order chi connectivity index (χ0) is 18.5. The summed E-state index contributed by atoms with van der Waals surface area (Å²) in [7, 11) is 0. The van der Waals surface area contributed by atoms with E-state index in [4.69, 9.17) is 14.2 Å². The largest absolute Gasteiger partial charge is 0.488 e. The molecule has 0 spiro atoms. The Labute approximate surface area is 158 Å². The first-order chi connectivity index (χ1) is 13.3. The molecule has 0 amide bonds. The molecule has 4 nitrogen and oxygen atoms in total. The fourth-order valence-corrected chi connectivity index (χ4v) is 3.30. The Balaban J connectivity index is 1.40. The van der Waals surface area contributed by atoms with Gasteiger partial charge >= 0.3 is 5.97 Å². The smallest absolute Gasteiger partial charge is 0.338 e. The van der Waals surface area contributed by atoms with E-state index in [1.54, 1.807) is 6.07 Å². The monoisotopic (exact) mass is 362 g/mol. The maximum Gasteiger partial charge on any atom is 0.338 e. The Morgan fingerprint density at radius 2 is 1.89 bits per heavy atom. The van der Waals surface area contributed by atoms with Crippen molar-refractivity contribution in [3.05, 3.63) is 77.9 Å². The molecule has 3 aromatic carbocycles. The zero-order valence-electron chi connectivity index (χ0n) is 15.1. The van der Waals surface area contributed by atoms with E-state index in [1.807, 2.05) is 48.5 Å². The maximum atomic E-state index is 12.3. The van der Waals surface area contributed by atoms with E-state index in [-0.39, 0.29) is 12.1 Å². The summed E-state index contributed by atoms with van der Waals surface area (Å²) in [4.78, 5) is 12.3. The molecule has 0 aliphatic carbocycles. The van der Waals surface area contributed by atoms with Crippen LogP contribution in [-0.2, 0) is 16.1 Å². The van der Waals surface area contributed by atoms with Crippen molar-refractivity contribution >= 4 is 16.7 Å². The summed E-state index contributed by atoms with van der Waals surface area (Å²) in [5, 5.41) is 2.22. The van der Waals surface area contributed by atoms with Crippen LogP contribution in [-0.4, -0.2) is 25.3 Å². The van der Waals surface area contributed by atoms with Crippen LogP contribution in [0.2, 0.25) is 0 Å². The van der Waals surface area contributed by atoms with E-state index in [1.165, 1.54) is 0 Å². The number of hydrogen-bond donors (Lipinski definition) is 0. The Bertz CT molecular complexity index is 923. The molecular weight excluding hydrogens is 340 g/mol. The van der Waals surface area contributed by atoms with Crippen LogP contribution in [0.15, 0.2) is 66.7 Å². The van der Waals surface area contributed by atoms with Gasteiger partial charge in [-0.15, -0.1) is 0 Å². The van der Waals surface area contributed by atoms with Gasteiger partial charge in [0.2, 0.25) is 0 Å². The SMILES string of the molecule is O=C(OCC1CCCO1)c1cccc(COc2cccc3ccccc23)c1. The predicted molar refractivity (Wildman–Crippen MR) is 104 cm³/mol. The molecule has 1 unspecified atom stereocenters. The van der Waals surface area contributed by atoms with Crippen molar-refractivity contribution in [1.82, 2.24) is 0 Å². The number of esters is 1. The number of hydrogen-bond acceptors (Lipinski definition) is 4. The lowest BCUT2D eigenvalue weighted by Crippen LogP contribution is -2.18. The molecule has 1 fully saturated rings. The molecule has 0 bridgehead atoms. The first-order valence-corrected chi connectivity index (χ1v) is 9.28. The van der Waals surface area contributed by atoms with E-state index in [0.29, 0.717) is 18.8 Å². The third-order valence-corrected chi connectivity index (χ3v) is 4.73. The van der Waals surface area contributed by atoms with Crippen LogP contribution in [0.3, 0.4) is 0 Å². The normalized spacial score (nSPS) is 16.4. The topological polar surface area (TPSA) is 44.8 Å². The van der Waals surface area contributed by atoms with Gasteiger partial charge in [0.1, 0.15) is 19.0 Å². The van der Waals surface area contributed by atoms with Gasteiger partial charge < -0.3 is 14.2 Å². The van der Waals surface area contributed by atoms with Crippen molar-refractivity contribution in [1.29, 1.82) is 0 Å². The van der Waals surface area contributed by atoms with E-state index in [2.05, 4.69) is 12.1 Å². The summed E-state index contributed by atoms with van der Waals surface area (Å²) in [6, 6.07) is 21.5. The van der Waals surface area contributed by atoms with Gasteiger partial charge in [-0.1, -0.05) is 48.5 Å². The first kappa shape index (κ1) is 17.6. The van der Waals surface area contributed by atoms with Gasteiger partial charge in [-0.05, 0) is 42.0 Å². The van der Waals surface area contributed by atoms with Gasteiger partial charge in [0.15, 0.2) is 0 Å². The molecule has 138 valence electrons. The molecule has 3 aromatic rings. The van der Waals surface area contributed by atoms with Crippen molar-refractivity contribution in [2.45, 2.75) is 25.6 Å². The summed E-state index contributed by atoms with van der Waals surface area (Å²) in [6.45, 7) is 1.46. The Morgan fingerprint density at radius 1 is 1.04 bits per heavy atom. The number of fused-ring (bicyclic) bond motifs is 1. The van der Waals surface area contributed by atoms with E-state index in [9.17, 15) is 4.79 Å². The molecular formula is C23H22O4. The number of carbonyl (C=O) groups is 1. The Morgan fingerprint density at radius 3 is 2.78 bits per heavy atom. The highest BCUT2D eigenvalue weighted by molar-refractivity contribution is 5.89. The summed E-state index contributed by atoms with van der Waals surface area (Å²) in [5.41, 5.74) is 1.46. The Kier molecular flexibility index (Phi) is 5.35. The summed E-state index contributed by atoms with van der Waals surface area (Å²) in [6.07, 6.45) is 2.02. The lowest BCUT2D eigenvalue weighted by molar-refractivity contribution is 0.0161. The number of ether oxygens (including phenoxy) is 3. The molecule has 1 aliphatic rings. The number of benzene rings is 3. The van der Waals surface area contributed by atoms with E-state index < -0.39 is 0 Å². The van der Waals surface area contributed by atoms with Crippen molar-refractivity contribution < 1.29 is 19.0 Å². The molecule has 0 saturated carbocycles. The second kappa shape index (κ2) is 8.23. The van der Waals surface area contributed by atoms with Gasteiger partial charge in [-0.25, -0.2) is 4.79 Å². The predicted octanol–water partition coefficient (Wildman–Crippen LogP) is 4.75. The lowest BCUT2D eigenvalue weighted by Gasteiger charge is -2.12. The maximum absolute atomic E-state index is 12.3. The second-order valence-electron chi connectivity index (χ2n) is 6.70. The molecule has 27 heavy (non-hydrogen) atoms. The van der Waals surface area contributed by atoms with Crippen molar-refractivity contribution in [2.75, 3.05) is 13.2 Å². The van der Waals surface area contributed by atoms with E-state index in [0.717, 1.165) is 41.5 Å². The highest BCUT2D eigenvalue weighted by Crippen LogP contribution is 2.26. The second-order valence-corrected chi connectivity index (χ2v) is 6.70. The average molecular weight is 362 g/mol. The summed E-state index contributed by atoms with van der Waals surface area (Å²) in [5.74, 6) is 0.511. The summed E-state index contributed by atoms with van der Waals surface area (Å²) < 4.78 is 16.9. The molecule has 0 radical (unpaired) electrons. The van der Waals surface area contributed by atoms with Crippen molar-refractivity contribution in [3.8, 4) is 5.75 Å². The van der Waals surface area contributed by atoms with Gasteiger partial charge in [-0.3, -0.25) is 0 Å². The molecule has 4 rings (SSSR count). The summed E-state index contributed by atoms with van der Waals surface area (Å²) >= 11 is 0. The third kappa shape index (κ3) is 4.29. The van der Waals surface area contributed by atoms with Gasteiger partial charge in [0.05, 0.1) is 11.7 Å². The highest BCUT2D eigenvalue weighted by atomic mass is 16.6. The fourth-order valence-electron chi connectivity index (χ4n) is 3.30. The van der Waals surface area contributed by atoms with Crippen molar-refractivity contribution in [3.63, 3.8) is 0 Å².